The van der Waals surface area contributed by atoms with Crippen LogP contribution in [-0.2, 0) is 0 Å². The largest absolute Gasteiger partial charge is 0.457 e. The lowest BCUT2D eigenvalue weighted by atomic mass is 10.1. The molecule has 0 fully saturated rings. The molecule has 0 saturated heterocycles. The number of hydrogen-bond donors (Lipinski definition) is 2. The molecule has 0 aliphatic heterocycles. The van der Waals surface area contributed by atoms with Gasteiger partial charge in [0.1, 0.15) is 22.8 Å². The van der Waals surface area contributed by atoms with Crippen molar-refractivity contribution in [1.29, 1.82) is 0 Å². The highest BCUT2D eigenvalue weighted by atomic mass is 16.5. The molecule has 5 aromatic rings. The maximum Gasteiger partial charge on any atom is 0.270 e. The summed E-state index contributed by atoms with van der Waals surface area (Å²) in [6, 6.07) is 26.7. The quantitative estimate of drug-likeness (QED) is 0.318. The number of carbonyl (C=O) groups is 2. The molecule has 0 unspecified atom stereocenters. The van der Waals surface area contributed by atoms with Gasteiger partial charge in [-0.3, -0.25) is 19.4 Å². The molecule has 0 spiro atoms. The summed E-state index contributed by atoms with van der Waals surface area (Å²) < 4.78 is 7.68. The Labute approximate surface area is 218 Å². The lowest BCUT2D eigenvalue weighted by molar-refractivity contribution is 0.0949. The van der Waals surface area contributed by atoms with E-state index < -0.39 is 5.91 Å². The van der Waals surface area contributed by atoms with E-state index in [1.807, 2.05) is 54.0 Å². The molecule has 2 aromatic heterocycles. The number of ether oxygens (including phenoxy) is 1. The number of carbonyl (C=O) groups excluding carboxylic acids is 2. The number of nitrogens with one attached hydrogen (secondary N) is 2. The van der Waals surface area contributed by atoms with E-state index in [-0.39, 0.29) is 22.6 Å². The van der Waals surface area contributed by atoms with E-state index in [0.717, 1.165) is 5.69 Å². The van der Waals surface area contributed by atoms with Gasteiger partial charge in [0.25, 0.3) is 11.8 Å². The summed E-state index contributed by atoms with van der Waals surface area (Å²) in [4.78, 5) is 42.5. The molecule has 2 amide bonds. The van der Waals surface area contributed by atoms with Crippen LogP contribution in [-0.4, -0.2) is 27.9 Å². The lowest BCUT2D eigenvalue weighted by Crippen LogP contribution is -2.23. The highest BCUT2D eigenvalue weighted by Gasteiger charge is 2.16. The van der Waals surface area contributed by atoms with Crippen LogP contribution < -0.4 is 20.8 Å². The Morgan fingerprint density at radius 1 is 0.868 bits per heavy atom. The van der Waals surface area contributed by atoms with Crippen LogP contribution in [0.15, 0.2) is 108 Å². The molecule has 0 aliphatic rings. The number of rotatable bonds is 7. The number of anilines is 1. The first-order chi connectivity index (χ1) is 18.5. The third-order valence-corrected chi connectivity index (χ3v) is 5.84. The number of para-hydroxylation sites is 2. The summed E-state index contributed by atoms with van der Waals surface area (Å²) in [7, 11) is 0. The van der Waals surface area contributed by atoms with Crippen LogP contribution in [0.25, 0.3) is 16.6 Å². The molecule has 8 heteroatoms. The number of aromatic nitrogens is 2. The van der Waals surface area contributed by atoms with Crippen LogP contribution in [0, 0.1) is 0 Å². The van der Waals surface area contributed by atoms with Gasteiger partial charge in [-0.25, -0.2) is 0 Å². The van der Waals surface area contributed by atoms with Gasteiger partial charge in [-0.2, -0.15) is 0 Å². The zero-order valence-corrected chi connectivity index (χ0v) is 20.5. The standard InChI is InChI=1S/C30H24N4O4/c1-2-31-30(37)26-18-23(16-17-32-26)38-22-14-12-20(13-15-22)33-29(36)25-19-34(21-8-4-3-5-9-21)27-11-7-6-10-24(27)28(25)35/h3-19H,2H2,1H3,(H,31,37)(H,33,36). The summed E-state index contributed by atoms with van der Waals surface area (Å²) in [6.07, 6.45) is 3.07. The zero-order chi connectivity index (χ0) is 26.5. The van der Waals surface area contributed by atoms with Crippen LogP contribution >= 0.6 is 0 Å². The number of amides is 2. The predicted octanol–water partition coefficient (Wildman–Crippen LogP) is 5.18. The molecule has 38 heavy (non-hydrogen) atoms. The van der Waals surface area contributed by atoms with Gasteiger partial charge in [-0.1, -0.05) is 30.3 Å². The van der Waals surface area contributed by atoms with Gasteiger partial charge in [0, 0.05) is 41.8 Å². The number of nitrogens with zero attached hydrogens (tertiary/aromatic N) is 2. The Morgan fingerprint density at radius 3 is 2.37 bits per heavy atom. The molecular formula is C30H24N4O4. The van der Waals surface area contributed by atoms with Gasteiger partial charge in [-0.15, -0.1) is 0 Å². The van der Waals surface area contributed by atoms with Crippen molar-refractivity contribution in [2.75, 3.05) is 11.9 Å². The minimum Gasteiger partial charge on any atom is -0.457 e. The molecule has 0 radical (unpaired) electrons. The van der Waals surface area contributed by atoms with Crippen molar-refractivity contribution in [2.24, 2.45) is 0 Å². The molecule has 2 heterocycles. The Kier molecular flexibility index (Phi) is 6.95. The first-order valence-corrected chi connectivity index (χ1v) is 12.1. The van der Waals surface area contributed by atoms with E-state index in [1.165, 1.54) is 6.20 Å². The molecular weight excluding hydrogens is 480 g/mol. The zero-order valence-electron chi connectivity index (χ0n) is 20.5. The average Bonchev–Trinajstić information content (AvgIpc) is 2.95. The van der Waals surface area contributed by atoms with Crippen LogP contribution in [0.2, 0.25) is 0 Å². The van der Waals surface area contributed by atoms with Crippen LogP contribution in [0.5, 0.6) is 11.5 Å². The van der Waals surface area contributed by atoms with Crippen molar-refractivity contribution in [3.8, 4) is 17.2 Å². The van der Waals surface area contributed by atoms with Crippen LogP contribution in [0.1, 0.15) is 27.8 Å². The Morgan fingerprint density at radius 2 is 1.61 bits per heavy atom. The van der Waals surface area contributed by atoms with Crippen molar-refractivity contribution >= 4 is 28.4 Å². The van der Waals surface area contributed by atoms with E-state index >= 15 is 0 Å². The third-order valence-electron chi connectivity index (χ3n) is 5.84. The molecule has 2 N–H and O–H groups in total. The molecule has 3 aromatic carbocycles. The van der Waals surface area contributed by atoms with E-state index in [1.54, 1.807) is 54.7 Å². The average molecular weight is 505 g/mol. The molecule has 0 saturated carbocycles. The normalized spacial score (nSPS) is 10.7. The van der Waals surface area contributed by atoms with Gasteiger partial charge in [0.05, 0.1) is 5.52 Å². The van der Waals surface area contributed by atoms with Crippen LogP contribution in [0.3, 0.4) is 0 Å². The number of benzene rings is 3. The first kappa shape index (κ1) is 24.5. The summed E-state index contributed by atoms with van der Waals surface area (Å²) in [5, 5.41) is 5.95. The number of pyridine rings is 2. The van der Waals surface area contributed by atoms with Gasteiger partial charge in [-0.05, 0) is 61.5 Å². The molecule has 5 rings (SSSR count). The van der Waals surface area contributed by atoms with Crippen molar-refractivity contribution in [2.45, 2.75) is 6.92 Å². The minimum absolute atomic E-state index is 0.0301. The van der Waals surface area contributed by atoms with Crippen LogP contribution in [0.4, 0.5) is 5.69 Å². The molecule has 0 bridgehead atoms. The van der Waals surface area contributed by atoms with Crippen molar-refractivity contribution in [1.82, 2.24) is 14.9 Å². The molecule has 0 atom stereocenters. The summed E-state index contributed by atoms with van der Waals surface area (Å²) in [5.41, 5.74) is 2.00. The minimum atomic E-state index is -0.514. The van der Waals surface area contributed by atoms with Gasteiger partial charge in [0.15, 0.2) is 0 Å². The van der Waals surface area contributed by atoms with E-state index in [4.69, 9.17) is 4.74 Å². The van der Waals surface area contributed by atoms with E-state index in [9.17, 15) is 14.4 Å². The smallest absolute Gasteiger partial charge is 0.270 e. The fourth-order valence-electron chi connectivity index (χ4n) is 4.03. The molecule has 0 aliphatic carbocycles. The van der Waals surface area contributed by atoms with Gasteiger partial charge in [0.2, 0.25) is 5.43 Å². The maximum absolute atomic E-state index is 13.2. The summed E-state index contributed by atoms with van der Waals surface area (Å²) >= 11 is 0. The van der Waals surface area contributed by atoms with E-state index in [0.29, 0.717) is 34.6 Å². The van der Waals surface area contributed by atoms with Gasteiger partial charge >= 0.3 is 0 Å². The Bertz CT molecular complexity index is 1680. The summed E-state index contributed by atoms with van der Waals surface area (Å²) in [6.45, 7) is 2.33. The predicted molar refractivity (Wildman–Crippen MR) is 146 cm³/mol. The van der Waals surface area contributed by atoms with E-state index in [2.05, 4.69) is 15.6 Å². The SMILES string of the molecule is CCNC(=O)c1cc(Oc2ccc(NC(=O)c3cn(-c4ccccc4)c4ccccc4c3=O)cc2)ccn1. The highest BCUT2D eigenvalue weighted by molar-refractivity contribution is 6.06. The second-order valence-corrected chi connectivity index (χ2v) is 8.41. The Hall–Kier alpha value is -5.24. The van der Waals surface area contributed by atoms with Crippen molar-refractivity contribution in [3.05, 3.63) is 125 Å². The molecule has 8 nitrogen and oxygen atoms in total. The Balaban J connectivity index is 1.37. The molecule has 188 valence electrons. The monoisotopic (exact) mass is 504 g/mol. The second-order valence-electron chi connectivity index (χ2n) is 8.41. The fraction of sp³-hybridized carbons (Fsp3) is 0.0667. The second kappa shape index (κ2) is 10.8. The first-order valence-electron chi connectivity index (χ1n) is 12.1. The van der Waals surface area contributed by atoms with Gasteiger partial charge < -0.3 is 19.9 Å². The maximum atomic E-state index is 13.2. The fourth-order valence-corrected chi connectivity index (χ4v) is 4.03. The number of hydrogen-bond acceptors (Lipinski definition) is 5. The highest BCUT2D eigenvalue weighted by Crippen LogP contribution is 2.24. The summed E-state index contributed by atoms with van der Waals surface area (Å²) in [5.74, 6) is 0.166. The third kappa shape index (κ3) is 5.15. The number of fused-ring (bicyclic) bond motifs is 1. The van der Waals surface area contributed by atoms with Crippen molar-refractivity contribution < 1.29 is 14.3 Å². The lowest BCUT2D eigenvalue weighted by Gasteiger charge is -2.14. The topological polar surface area (TPSA) is 102 Å². The van der Waals surface area contributed by atoms with Crippen molar-refractivity contribution in [3.63, 3.8) is 0 Å².